The molecule has 0 aromatic carbocycles. The smallest absolute Gasteiger partial charge is 0.302 e. The molecule has 49 heavy (non-hydrogen) atoms. The maximum absolute atomic E-state index is 12.9. The fourth-order valence-electron chi connectivity index (χ4n) is 10.9. The molecule has 5 fully saturated rings. The third kappa shape index (κ3) is 5.95. The number of hydrogen-bond donors (Lipinski definition) is 3. The average Bonchev–Trinajstić information content (AvgIpc) is 3.27. The second kappa shape index (κ2) is 13.5. The Bertz CT molecular complexity index is 1290. The molecule has 16 unspecified atom stereocenters. The monoisotopic (exact) mass is 694 g/mol. The zero-order valence-electron chi connectivity index (χ0n) is 30.4. The summed E-state index contributed by atoms with van der Waals surface area (Å²) in [4.78, 5) is 25.3. The molecule has 0 amide bonds. The minimum absolute atomic E-state index is 0.00421. The molecule has 3 N–H and O–H groups in total. The Morgan fingerprint density at radius 1 is 0.878 bits per heavy atom. The Hall–Kier alpha value is -1.48. The Morgan fingerprint density at radius 3 is 2.18 bits per heavy atom. The summed E-state index contributed by atoms with van der Waals surface area (Å²) in [6.45, 7) is 10.4. The van der Waals surface area contributed by atoms with Gasteiger partial charge in [0.05, 0.1) is 41.5 Å². The molecule has 3 saturated carbocycles. The van der Waals surface area contributed by atoms with Crippen LogP contribution >= 0.6 is 0 Å². The standard InChI is InChI=1S/C37H58O12/c1-19-32(40)27(43-7)17-31(45-19)49-33-20(2)46-30(18-28(33)44-8)48-24-11-12-34(5)23(15-24)9-10-25-26(34)16-29(47-22(4)39)35(6)36(41,21(3)38)13-14-37(25,35)42/h9,19-20,24-33,40-42H,10-18H2,1-8H3. The third-order valence-corrected chi connectivity index (χ3v) is 13.9. The van der Waals surface area contributed by atoms with Gasteiger partial charge in [0.15, 0.2) is 18.4 Å². The van der Waals surface area contributed by atoms with Crippen molar-refractivity contribution in [3.63, 3.8) is 0 Å². The lowest BCUT2D eigenvalue weighted by molar-refractivity contribution is -0.319. The molecule has 6 aliphatic rings. The predicted molar refractivity (Wildman–Crippen MR) is 175 cm³/mol. The number of fused-ring (bicyclic) bond motifs is 5. The minimum Gasteiger partial charge on any atom is -0.462 e. The maximum atomic E-state index is 12.9. The Kier molecular flexibility index (Phi) is 10.3. The van der Waals surface area contributed by atoms with Crippen LogP contribution in [0.1, 0.15) is 99.3 Å². The van der Waals surface area contributed by atoms with Gasteiger partial charge in [-0.15, -0.1) is 0 Å². The zero-order valence-corrected chi connectivity index (χ0v) is 30.4. The van der Waals surface area contributed by atoms with E-state index in [4.69, 9.17) is 33.2 Å². The van der Waals surface area contributed by atoms with Crippen molar-refractivity contribution in [2.75, 3.05) is 14.2 Å². The number of rotatable bonds is 8. The Morgan fingerprint density at radius 2 is 1.53 bits per heavy atom. The summed E-state index contributed by atoms with van der Waals surface area (Å²) in [6.07, 6.45) is 2.41. The summed E-state index contributed by atoms with van der Waals surface area (Å²) in [6, 6.07) is 0. The highest BCUT2D eigenvalue weighted by Gasteiger charge is 2.76. The van der Waals surface area contributed by atoms with Gasteiger partial charge in [-0.05, 0) is 83.0 Å². The molecule has 0 bridgehead atoms. The second-order valence-electron chi connectivity index (χ2n) is 16.1. The number of ether oxygens (including phenoxy) is 7. The number of esters is 1. The first-order valence-electron chi connectivity index (χ1n) is 18.2. The fraction of sp³-hybridized carbons (Fsp3) is 0.892. The van der Waals surface area contributed by atoms with Crippen molar-refractivity contribution in [3.8, 4) is 0 Å². The van der Waals surface area contributed by atoms with E-state index in [1.165, 1.54) is 19.4 Å². The molecular formula is C37H58O12. The fourth-order valence-corrected chi connectivity index (χ4v) is 10.9. The second-order valence-corrected chi connectivity index (χ2v) is 16.1. The van der Waals surface area contributed by atoms with Gasteiger partial charge in [0.1, 0.15) is 23.9 Å². The highest BCUT2D eigenvalue weighted by molar-refractivity contribution is 5.87. The number of methoxy groups -OCH3 is 2. The molecule has 12 heteroatoms. The third-order valence-electron chi connectivity index (χ3n) is 13.9. The molecule has 0 aromatic heterocycles. The molecule has 278 valence electrons. The average molecular weight is 695 g/mol. The molecule has 0 aromatic rings. The van der Waals surface area contributed by atoms with E-state index in [0.717, 1.165) is 12.8 Å². The molecule has 4 aliphatic carbocycles. The van der Waals surface area contributed by atoms with Gasteiger partial charge in [0.25, 0.3) is 0 Å². The van der Waals surface area contributed by atoms with Crippen LogP contribution in [0, 0.1) is 22.7 Å². The summed E-state index contributed by atoms with van der Waals surface area (Å²) >= 11 is 0. The number of hydrogen-bond acceptors (Lipinski definition) is 12. The van der Waals surface area contributed by atoms with Crippen molar-refractivity contribution < 1.29 is 58.1 Å². The quantitative estimate of drug-likeness (QED) is 0.252. The lowest BCUT2D eigenvalue weighted by atomic mass is 9.44. The molecule has 2 aliphatic heterocycles. The van der Waals surface area contributed by atoms with E-state index in [1.807, 2.05) is 6.92 Å². The van der Waals surface area contributed by atoms with Crippen LogP contribution < -0.4 is 0 Å². The van der Waals surface area contributed by atoms with E-state index in [0.29, 0.717) is 32.1 Å². The predicted octanol–water partition coefficient (Wildman–Crippen LogP) is 3.36. The van der Waals surface area contributed by atoms with Gasteiger partial charge in [-0.2, -0.15) is 0 Å². The van der Waals surface area contributed by atoms with Crippen molar-refractivity contribution in [1.29, 1.82) is 0 Å². The maximum Gasteiger partial charge on any atom is 0.302 e. The summed E-state index contributed by atoms with van der Waals surface area (Å²) in [5.74, 6) is -1.08. The van der Waals surface area contributed by atoms with E-state index in [-0.39, 0.29) is 54.5 Å². The van der Waals surface area contributed by atoms with Gasteiger partial charge < -0.3 is 48.5 Å². The molecule has 0 spiro atoms. The van der Waals surface area contributed by atoms with Gasteiger partial charge in [-0.3, -0.25) is 9.59 Å². The first-order chi connectivity index (χ1) is 23.0. The first kappa shape index (κ1) is 37.3. The highest BCUT2D eigenvalue weighted by atomic mass is 16.7. The van der Waals surface area contributed by atoms with Gasteiger partial charge in [-0.1, -0.05) is 25.5 Å². The molecule has 0 radical (unpaired) electrons. The largest absolute Gasteiger partial charge is 0.462 e. The van der Waals surface area contributed by atoms with Crippen molar-refractivity contribution in [3.05, 3.63) is 11.6 Å². The van der Waals surface area contributed by atoms with E-state index < -0.39 is 65.4 Å². The summed E-state index contributed by atoms with van der Waals surface area (Å²) < 4.78 is 42.5. The lowest BCUT2D eigenvalue weighted by Crippen LogP contribution is -2.71. The number of carbonyl (C=O) groups excluding carboxylic acids is 2. The highest BCUT2D eigenvalue weighted by Crippen LogP contribution is 2.69. The summed E-state index contributed by atoms with van der Waals surface area (Å²) in [5.41, 5.74) is -3.47. The van der Waals surface area contributed by atoms with Crippen molar-refractivity contribution in [1.82, 2.24) is 0 Å². The van der Waals surface area contributed by atoms with Crippen LogP contribution in [0.2, 0.25) is 0 Å². The molecule has 6 rings (SSSR count). The van der Waals surface area contributed by atoms with Gasteiger partial charge >= 0.3 is 5.97 Å². The molecule has 12 nitrogen and oxygen atoms in total. The summed E-state index contributed by atoms with van der Waals surface area (Å²) in [7, 11) is 3.23. The van der Waals surface area contributed by atoms with Crippen molar-refractivity contribution in [2.45, 2.75) is 172 Å². The van der Waals surface area contributed by atoms with Crippen molar-refractivity contribution >= 4 is 11.8 Å². The van der Waals surface area contributed by atoms with Gasteiger partial charge in [0.2, 0.25) is 0 Å². The SMILES string of the molecule is COC1CC(OC2C(C)OC(OC3CCC4(C)C(=CCC5C4CC(OC(C)=O)C4(C)C(O)(C(C)=O)CCC54O)C3)CC2OC)OC(C)C1O. The normalized spacial score (nSPS) is 51.2. The number of carbonyl (C=O) groups is 2. The first-order valence-corrected chi connectivity index (χ1v) is 18.2. The molecule has 2 heterocycles. The van der Waals surface area contributed by atoms with Crippen LogP contribution in [-0.4, -0.2) is 114 Å². The number of aliphatic hydroxyl groups excluding tert-OH is 1. The van der Waals surface area contributed by atoms with Gasteiger partial charge in [0, 0.05) is 34.0 Å². The van der Waals surface area contributed by atoms with Gasteiger partial charge in [-0.25, -0.2) is 0 Å². The van der Waals surface area contributed by atoms with Crippen LogP contribution in [0.3, 0.4) is 0 Å². The molecular weight excluding hydrogens is 636 g/mol. The van der Waals surface area contributed by atoms with E-state index >= 15 is 0 Å². The molecule has 16 atom stereocenters. The topological polar surface area (TPSA) is 159 Å². The number of allylic oxidation sites excluding steroid dienone is 1. The van der Waals surface area contributed by atoms with Crippen LogP contribution in [0.4, 0.5) is 0 Å². The Balaban J connectivity index is 1.14. The van der Waals surface area contributed by atoms with Crippen LogP contribution in [0.25, 0.3) is 0 Å². The summed E-state index contributed by atoms with van der Waals surface area (Å²) in [5, 5.41) is 34.7. The minimum atomic E-state index is -1.78. The van der Waals surface area contributed by atoms with E-state index in [1.54, 1.807) is 28.1 Å². The van der Waals surface area contributed by atoms with Crippen LogP contribution in [0.5, 0.6) is 0 Å². The molecule has 2 saturated heterocycles. The van der Waals surface area contributed by atoms with Crippen LogP contribution in [0.15, 0.2) is 11.6 Å². The number of aliphatic hydroxyl groups is 3. The number of Topliss-reactive ketones (excluding diaryl/α,β-unsaturated/α-hetero) is 1. The van der Waals surface area contributed by atoms with Crippen LogP contribution in [-0.2, 0) is 42.7 Å². The zero-order chi connectivity index (χ0) is 35.7. The van der Waals surface area contributed by atoms with E-state index in [2.05, 4.69) is 13.0 Å². The van der Waals surface area contributed by atoms with E-state index in [9.17, 15) is 24.9 Å². The number of ketones is 1. The van der Waals surface area contributed by atoms with Crippen molar-refractivity contribution in [2.24, 2.45) is 22.7 Å². The lowest BCUT2D eigenvalue weighted by Gasteiger charge is -2.63. The Labute approximate surface area is 290 Å².